The fourth-order valence-electron chi connectivity index (χ4n) is 4.24. The molecule has 19 heavy (non-hydrogen) atoms. The SMILES string of the molecule is CCCC1(CN(C)C2CCC(C)(C)CC2)CCNC1. The van der Waals surface area contributed by atoms with Crippen molar-refractivity contribution in [3.05, 3.63) is 0 Å². The lowest BCUT2D eigenvalue weighted by Crippen LogP contribution is -2.44. The average Bonchev–Trinajstić information content (AvgIpc) is 2.77. The van der Waals surface area contributed by atoms with Gasteiger partial charge in [-0.05, 0) is 62.9 Å². The van der Waals surface area contributed by atoms with Gasteiger partial charge >= 0.3 is 0 Å². The maximum Gasteiger partial charge on any atom is 0.00928 e. The lowest BCUT2D eigenvalue weighted by atomic mass is 9.74. The molecular weight excluding hydrogens is 232 g/mol. The number of hydrogen-bond donors (Lipinski definition) is 1. The molecule has 0 bridgehead atoms. The Morgan fingerprint density at radius 3 is 2.37 bits per heavy atom. The molecule has 0 aromatic rings. The van der Waals surface area contributed by atoms with Crippen LogP contribution in [0, 0.1) is 10.8 Å². The van der Waals surface area contributed by atoms with E-state index in [1.54, 1.807) is 0 Å². The first-order valence-corrected chi connectivity index (χ1v) is 8.37. The minimum atomic E-state index is 0.566. The van der Waals surface area contributed by atoms with Gasteiger partial charge in [-0.1, -0.05) is 27.2 Å². The van der Waals surface area contributed by atoms with E-state index in [2.05, 4.69) is 38.0 Å². The highest BCUT2D eigenvalue weighted by atomic mass is 15.1. The van der Waals surface area contributed by atoms with Crippen molar-refractivity contribution >= 4 is 0 Å². The fourth-order valence-corrected chi connectivity index (χ4v) is 4.24. The summed E-state index contributed by atoms with van der Waals surface area (Å²) >= 11 is 0. The topological polar surface area (TPSA) is 15.3 Å². The Balaban J connectivity index is 1.87. The summed E-state index contributed by atoms with van der Waals surface area (Å²) in [6.07, 6.45) is 9.71. The molecular formula is C17H34N2. The van der Waals surface area contributed by atoms with Gasteiger partial charge in [-0.3, -0.25) is 0 Å². The van der Waals surface area contributed by atoms with Gasteiger partial charge in [0.25, 0.3) is 0 Å². The minimum absolute atomic E-state index is 0.566. The molecule has 1 atom stereocenters. The van der Waals surface area contributed by atoms with Crippen molar-refractivity contribution in [1.82, 2.24) is 10.2 Å². The van der Waals surface area contributed by atoms with Gasteiger partial charge in [0.1, 0.15) is 0 Å². The molecule has 1 aliphatic heterocycles. The van der Waals surface area contributed by atoms with Crippen LogP contribution in [0.5, 0.6) is 0 Å². The summed E-state index contributed by atoms with van der Waals surface area (Å²) in [5.41, 5.74) is 1.16. The number of rotatable bonds is 5. The molecule has 112 valence electrons. The molecule has 1 heterocycles. The maximum absolute atomic E-state index is 3.59. The molecule has 0 aromatic carbocycles. The van der Waals surface area contributed by atoms with E-state index in [0.717, 1.165) is 6.04 Å². The predicted molar refractivity (Wildman–Crippen MR) is 83.5 cm³/mol. The van der Waals surface area contributed by atoms with Crippen LogP contribution >= 0.6 is 0 Å². The molecule has 2 fully saturated rings. The van der Waals surface area contributed by atoms with Crippen molar-refractivity contribution in [2.24, 2.45) is 10.8 Å². The van der Waals surface area contributed by atoms with Crippen LogP contribution in [-0.4, -0.2) is 37.6 Å². The molecule has 1 saturated heterocycles. The first kappa shape index (κ1) is 15.3. The van der Waals surface area contributed by atoms with Crippen LogP contribution < -0.4 is 5.32 Å². The van der Waals surface area contributed by atoms with E-state index in [1.165, 1.54) is 64.6 Å². The van der Waals surface area contributed by atoms with Crippen LogP contribution in [0.15, 0.2) is 0 Å². The Labute approximate surface area is 120 Å². The highest BCUT2D eigenvalue weighted by Gasteiger charge is 2.36. The van der Waals surface area contributed by atoms with Gasteiger partial charge in [0.2, 0.25) is 0 Å². The summed E-state index contributed by atoms with van der Waals surface area (Å²) < 4.78 is 0. The van der Waals surface area contributed by atoms with Crippen LogP contribution in [0.25, 0.3) is 0 Å². The third kappa shape index (κ3) is 3.95. The van der Waals surface area contributed by atoms with E-state index in [-0.39, 0.29) is 0 Å². The van der Waals surface area contributed by atoms with Crippen LogP contribution in [0.4, 0.5) is 0 Å². The molecule has 1 N–H and O–H groups in total. The molecule has 1 unspecified atom stereocenters. The van der Waals surface area contributed by atoms with E-state index in [9.17, 15) is 0 Å². The smallest absolute Gasteiger partial charge is 0.00928 e. The monoisotopic (exact) mass is 266 g/mol. The second-order valence-corrected chi connectivity index (χ2v) is 7.99. The maximum atomic E-state index is 3.59. The lowest BCUT2D eigenvalue weighted by molar-refractivity contribution is 0.0857. The van der Waals surface area contributed by atoms with Crippen LogP contribution in [-0.2, 0) is 0 Å². The molecule has 2 heteroatoms. The lowest BCUT2D eigenvalue weighted by Gasteiger charge is -2.42. The summed E-state index contributed by atoms with van der Waals surface area (Å²) in [6, 6.07) is 0.836. The van der Waals surface area contributed by atoms with Gasteiger partial charge in [-0.25, -0.2) is 0 Å². The molecule has 1 saturated carbocycles. The van der Waals surface area contributed by atoms with E-state index < -0.39 is 0 Å². The number of hydrogen-bond acceptors (Lipinski definition) is 2. The van der Waals surface area contributed by atoms with Crippen molar-refractivity contribution < 1.29 is 0 Å². The molecule has 2 rings (SSSR count). The normalized spacial score (nSPS) is 32.1. The van der Waals surface area contributed by atoms with Crippen molar-refractivity contribution in [2.45, 2.75) is 71.8 Å². The average molecular weight is 266 g/mol. The molecule has 0 radical (unpaired) electrons. The first-order valence-electron chi connectivity index (χ1n) is 8.37. The summed E-state index contributed by atoms with van der Waals surface area (Å²) in [5, 5.41) is 3.59. The zero-order valence-corrected chi connectivity index (χ0v) is 13.6. The summed E-state index contributed by atoms with van der Waals surface area (Å²) in [6.45, 7) is 11.0. The molecule has 0 spiro atoms. The Bertz CT molecular complexity index is 269. The third-order valence-corrected chi connectivity index (χ3v) is 5.63. The standard InChI is InChI=1S/C17H34N2/c1-5-8-17(11-12-18-13-17)14-19(4)15-6-9-16(2,3)10-7-15/h15,18H,5-14H2,1-4H3. The Morgan fingerprint density at radius 1 is 1.16 bits per heavy atom. The Kier molecular flexibility index (Phi) is 4.94. The van der Waals surface area contributed by atoms with E-state index in [0.29, 0.717) is 10.8 Å². The largest absolute Gasteiger partial charge is 0.316 e. The van der Waals surface area contributed by atoms with Gasteiger partial charge in [0.15, 0.2) is 0 Å². The van der Waals surface area contributed by atoms with Crippen LogP contribution in [0.3, 0.4) is 0 Å². The number of nitrogens with zero attached hydrogens (tertiary/aromatic N) is 1. The van der Waals surface area contributed by atoms with Gasteiger partial charge < -0.3 is 10.2 Å². The van der Waals surface area contributed by atoms with Gasteiger partial charge in [0, 0.05) is 19.1 Å². The zero-order valence-electron chi connectivity index (χ0n) is 13.6. The zero-order chi connectivity index (χ0) is 13.9. The second kappa shape index (κ2) is 6.13. The summed E-state index contributed by atoms with van der Waals surface area (Å²) in [7, 11) is 2.37. The second-order valence-electron chi connectivity index (χ2n) is 7.99. The number of nitrogens with one attached hydrogen (secondary N) is 1. The third-order valence-electron chi connectivity index (χ3n) is 5.63. The summed E-state index contributed by atoms with van der Waals surface area (Å²) in [5.74, 6) is 0. The highest BCUT2D eigenvalue weighted by molar-refractivity contribution is 4.92. The predicted octanol–water partition coefficient (Wildman–Crippen LogP) is 3.67. The van der Waals surface area contributed by atoms with Crippen molar-refractivity contribution in [3.8, 4) is 0 Å². The first-order chi connectivity index (χ1) is 8.96. The van der Waals surface area contributed by atoms with Crippen molar-refractivity contribution in [3.63, 3.8) is 0 Å². The quantitative estimate of drug-likeness (QED) is 0.817. The molecule has 0 amide bonds. The fraction of sp³-hybridized carbons (Fsp3) is 1.00. The van der Waals surface area contributed by atoms with Gasteiger partial charge in [-0.15, -0.1) is 0 Å². The van der Waals surface area contributed by atoms with E-state index in [1.807, 2.05) is 0 Å². The molecule has 0 aromatic heterocycles. The van der Waals surface area contributed by atoms with Crippen LogP contribution in [0.1, 0.15) is 65.7 Å². The van der Waals surface area contributed by atoms with E-state index >= 15 is 0 Å². The Hall–Kier alpha value is -0.0800. The van der Waals surface area contributed by atoms with Gasteiger partial charge in [0.05, 0.1) is 0 Å². The minimum Gasteiger partial charge on any atom is -0.316 e. The summed E-state index contributed by atoms with van der Waals surface area (Å²) in [4.78, 5) is 2.69. The van der Waals surface area contributed by atoms with Crippen molar-refractivity contribution in [1.29, 1.82) is 0 Å². The van der Waals surface area contributed by atoms with Crippen LogP contribution in [0.2, 0.25) is 0 Å². The highest BCUT2D eigenvalue weighted by Crippen LogP contribution is 2.38. The molecule has 2 nitrogen and oxygen atoms in total. The van der Waals surface area contributed by atoms with Gasteiger partial charge in [-0.2, -0.15) is 0 Å². The van der Waals surface area contributed by atoms with E-state index in [4.69, 9.17) is 0 Å². The molecule has 1 aliphatic carbocycles. The molecule has 2 aliphatic rings. The van der Waals surface area contributed by atoms with Crippen molar-refractivity contribution in [2.75, 3.05) is 26.7 Å². The Morgan fingerprint density at radius 2 is 1.84 bits per heavy atom.